The molecular formula is C73H132O6. The molecule has 460 valence electrons. The zero-order valence-corrected chi connectivity index (χ0v) is 52.9. The van der Waals surface area contributed by atoms with Gasteiger partial charge in [-0.1, -0.05) is 319 Å². The molecule has 0 rings (SSSR count). The second-order valence-electron chi connectivity index (χ2n) is 23.4. The number of esters is 3. The van der Waals surface area contributed by atoms with Crippen molar-refractivity contribution >= 4 is 17.9 Å². The van der Waals surface area contributed by atoms with E-state index < -0.39 is 6.10 Å². The van der Waals surface area contributed by atoms with Crippen LogP contribution >= 0.6 is 0 Å². The van der Waals surface area contributed by atoms with Crippen LogP contribution in [0.25, 0.3) is 0 Å². The van der Waals surface area contributed by atoms with Gasteiger partial charge in [-0.2, -0.15) is 0 Å². The van der Waals surface area contributed by atoms with Gasteiger partial charge in [0.25, 0.3) is 0 Å². The quantitative estimate of drug-likeness (QED) is 0.0261. The summed E-state index contributed by atoms with van der Waals surface area (Å²) in [7, 11) is 0. The van der Waals surface area contributed by atoms with Crippen molar-refractivity contribution in [3.05, 3.63) is 60.8 Å². The molecule has 0 fully saturated rings. The first-order chi connectivity index (χ1) is 39.0. The highest BCUT2D eigenvalue weighted by Crippen LogP contribution is 2.18. The highest BCUT2D eigenvalue weighted by atomic mass is 16.6. The van der Waals surface area contributed by atoms with Crippen LogP contribution in [0.2, 0.25) is 0 Å². The van der Waals surface area contributed by atoms with E-state index in [1.807, 2.05) is 0 Å². The zero-order chi connectivity index (χ0) is 57.1. The Balaban J connectivity index is 4.15. The molecule has 0 aliphatic carbocycles. The van der Waals surface area contributed by atoms with Gasteiger partial charge in [-0.3, -0.25) is 14.4 Å². The van der Waals surface area contributed by atoms with Gasteiger partial charge < -0.3 is 14.2 Å². The molecule has 0 aromatic rings. The summed E-state index contributed by atoms with van der Waals surface area (Å²) in [5.41, 5.74) is 0. The minimum Gasteiger partial charge on any atom is -0.462 e. The van der Waals surface area contributed by atoms with Crippen molar-refractivity contribution in [2.75, 3.05) is 13.2 Å². The minimum atomic E-state index is -0.779. The van der Waals surface area contributed by atoms with E-state index in [0.29, 0.717) is 19.3 Å². The van der Waals surface area contributed by atoms with Crippen LogP contribution in [0, 0.1) is 0 Å². The maximum absolute atomic E-state index is 12.9. The molecule has 0 radical (unpaired) electrons. The van der Waals surface area contributed by atoms with E-state index >= 15 is 0 Å². The molecule has 0 aliphatic rings. The molecule has 0 bridgehead atoms. The van der Waals surface area contributed by atoms with Crippen molar-refractivity contribution in [3.8, 4) is 0 Å². The first-order valence-electron chi connectivity index (χ1n) is 34.8. The maximum Gasteiger partial charge on any atom is 0.306 e. The van der Waals surface area contributed by atoms with E-state index in [1.54, 1.807) is 0 Å². The summed E-state index contributed by atoms with van der Waals surface area (Å²) in [6.45, 7) is 6.63. The van der Waals surface area contributed by atoms with Crippen LogP contribution < -0.4 is 0 Å². The number of hydrogen-bond donors (Lipinski definition) is 0. The molecule has 1 unspecified atom stereocenters. The van der Waals surface area contributed by atoms with Gasteiger partial charge >= 0.3 is 17.9 Å². The lowest BCUT2D eigenvalue weighted by Gasteiger charge is -2.18. The molecule has 6 heteroatoms. The maximum atomic E-state index is 12.9. The van der Waals surface area contributed by atoms with Crippen LogP contribution in [-0.4, -0.2) is 37.2 Å². The summed E-state index contributed by atoms with van der Waals surface area (Å²) in [4.78, 5) is 38.3. The average Bonchev–Trinajstić information content (AvgIpc) is 3.45. The fraction of sp³-hybridized carbons (Fsp3) is 0.822. The Hall–Kier alpha value is -2.89. The van der Waals surface area contributed by atoms with Crippen molar-refractivity contribution in [1.82, 2.24) is 0 Å². The number of unbranched alkanes of at least 4 members (excludes halogenated alkanes) is 43. The average molecular weight is 1110 g/mol. The molecule has 0 saturated carbocycles. The molecule has 0 N–H and O–H groups in total. The van der Waals surface area contributed by atoms with E-state index in [0.717, 1.165) is 83.5 Å². The van der Waals surface area contributed by atoms with Crippen molar-refractivity contribution in [1.29, 1.82) is 0 Å². The van der Waals surface area contributed by atoms with Gasteiger partial charge in [-0.05, 0) is 89.9 Å². The monoisotopic (exact) mass is 1110 g/mol. The summed E-state index contributed by atoms with van der Waals surface area (Å²) >= 11 is 0. The number of carbonyl (C=O) groups is 3. The highest BCUT2D eigenvalue weighted by molar-refractivity contribution is 5.71. The van der Waals surface area contributed by atoms with Gasteiger partial charge in [-0.15, -0.1) is 0 Å². The van der Waals surface area contributed by atoms with Crippen molar-refractivity contribution in [3.63, 3.8) is 0 Å². The molecule has 79 heavy (non-hydrogen) atoms. The zero-order valence-electron chi connectivity index (χ0n) is 52.9. The number of allylic oxidation sites excluding steroid dienone is 10. The summed E-state index contributed by atoms with van der Waals surface area (Å²) in [5.74, 6) is -0.867. The van der Waals surface area contributed by atoms with Gasteiger partial charge in [-0.25, -0.2) is 0 Å². The number of ether oxygens (including phenoxy) is 3. The van der Waals surface area contributed by atoms with Crippen LogP contribution in [0.1, 0.15) is 367 Å². The van der Waals surface area contributed by atoms with Crippen molar-refractivity contribution in [2.45, 2.75) is 374 Å². The molecule has 0 spiro atoms. The first kappa shape index (κ1) is 76.1. The van der Waals surface area contributed by atoms with E-state index in [1.165, 1.54) is 244 Å². The third-order valence-electron chi connectivity index (χ3n) is 15.5. The normalized spacial score (nSPS) is 12.4. The van der Waals surface area contributed by atoms with Crippen LogP contribution in [0.3, 0.4) is 0 Å². The van der Waals surface area contributed by atoms with Crippen LogP contribution in [0.15, 0.2) is 60.8 Å². The predicted molar refractivity (Wildman–Crippen MR) is 344 cm³/mol. The fourth-order valence-corrected chi connectivity index (χ4v) is 10.2. The van der Waals surface area contributed by atoms with E-state index in [2.05, 4.69) is 81.5 Å². The van der Waals surface area contributed by atoms with Gasteiger partial charge in [0.05, 0.1) is 0 Å². The van der Waals surface area contributed by atoms with Crippen molar-refractivity contribution < 1.29 is 28.6 Å². The second kappa shape index (κ2) is 67.6. The Bertz CT molecular complexity index is 1410. The van der Waals surface area contributed by atoms with Gasteiger partial charge in [0.15, 0.2) is 6.10 Å². The standard InChI is InChI=1S/C73H132O6/c1-4-7-10-13-16-19-22-24-26-28-30-31-32-33-34-35-36-37-38-39-40-41-43-44-46-48-51-54-57-60-63-66-72(75)78-69-70(68-77-71(74)65-62-59-56-53-50-21-18-15-12-9-6-3)79-73(76)67-64-61-58-55-52-49-47-45-42-29-27-25-23-20-17-14-11-8-5-2/h17,20,22,24-25,27-28,30,42,45,70H,4-16,18-19,21,23,26,29,31-41,43-44,46-69H2,1-3H3/b20-17-,24-22-,27-25-,30-28-,45-42-. The van der Waals surface area contributed by atoms with E-state index in [9.17, 15) is 14.4 Å². The molecule has 6 nitrogen and oxygen atoms in total. The molecule has 1 atom stereocenters. The number of hydrogen-bond acceptors (Lipinski definition) is 6. The van der Waals surface area contributed by atoms with E-state index in [-0.39, 0.29) is 31.1 Å². The number of rotatable bonds is 64. The van der Waals surface area contributed by atoms with Crippen LogP contribution in [0.5, 0.6) is 0 Å². The molecule has 0 aromatic carbocycles. The Morgan fingerprint density at radius 1 is 0.253 bits per heavy atom. The molecule has 0 aromatic heterocycles. The SMILES string of the molecule is CCCCC/C=C\C/C=C\C/C=C\CCCCCCCCC(=O)OC(COC(=O)CCCCCCCCCCCCC)COC(=O)CCCCCCCCCCCCCCCCCCCCC/C=C\C/C=C\CCCCCCC. The van der Waals surface area contributed by atoms with Gasteiger partial charge in [0, 0.05) is 19.3 Å². The third kappa shape index (κ3) is 65.8. The summed E-state index contributed by atoms with van der Waals surface area (Å²) in [6, 6.07) is 0. The largest absolute Gasteiger partial charge is 0.462 e. The smallest absolute Gasteiger partial charge is 0.306 e. The lowest BCUT2D eigenvalue weighted by Crippen LogP contribution is -2.30. The molecule has 0 heterocycles. The summed E-state index contributed by atoms with van der Waals surface area (Å²) in [5, 5.41) is 0. The number of carbonyl (C=O) groups excluding carboxylic acids is 3. The second-order valence-corrected chi connectivity index (χ2v) is 23.4. The van der Waals surface area contributed by atoms with E-state index in [4.69, 9.17) is 14.2 Å². The van der Waals surface area contributed by atoms with Gasteiger partial charge in [0.2, 0.25) is 0 Å². The molecular weight excluding hydrogens is 973 g/mol. The van der Waals surface area contributed by atoms with Crippen LogP contribution in [0.4, 0.5) is 0 Å². The molecule has 0 aliphatic heterocycles. The lowest BCUT2D eigenvalue weighted by molar-refractivity contribution is -0.167. The lowest BCUT2D eigenvalue weighted by atomic mass is 10.0. The van der Waals surface area contributed by atoms with Gasteiger partial charge in [0.1, 0.15) is 13.2 Å². The fourth-order valence-electron chi connectivity index (χ4n) is 10.2. The Morgan fingerprint density at radius 3 is 0.734 bits per heavy atom. The predicted octanol–water partition coefficient (Wildman–Crippen LogP) is 23.9. The minimum absolute atomic E-state index is 0.0750. The molecule has 0 amide bonds. The third-order valence-corrected chi connectivity index (χ3v) is 15.5. The Kier molecular flexibility index (Phi) is 65.1. The summed E-state index contributed by atoms with van der Waals surface area (Å²) in [6.07, 6.45) is 86.8. The summed E-state index contributed by atoms with van der Waals surface area (Å²) < 4.78 is 16.9. The van der Waals surface area contributed by atoms with Crippen molar-refractivity contribution in [2.24, 2.45) is 0 Å². The first-order valence-corrected chi connectivity index (χ1v) is 34.8. The molecule has 0 saturated heterocycles. The highest BCUT2D eigenvalue weighted by Gasteiger charge is 2.19. The topological polar surface area (TPSA) is 78.9 Å². The Morgan fingerprint density at radius 2 is 0.456 bits per heavy atom. The Labute approximate surface area is 491 Å². The van der Waals surface area contributed by atoms with Crippen LogP contribution in [-0.2, 0) is 28.6 Å².